The van der Waals surface area contributed by atoms with E-state index in [2.05, 4.69) is 51.2 Å². The standard InChI is InChI=1S/C23H27N5OS/c1-17-8-10-26(11-9-17)21-6-7-22(25-24-21)27-12-14-28(15-13-27)23(29)20-16-18-4-2-3-5-19(18)30-20/h2-7,16-17H,8-15H2,1H3. The quantitative estimate of drug-likeness (QED) is 0.642. The van der Waals surface area contributed by atoms with Crippen LogP contribution in [0.3, 0.4) is 0 Å². The van der Waals surface area contributed by atoms with Crippen molar-refractivity contribution in [3.05, 3.63) is 47.3 Å². The van der Waals surface area contributed by atoms with Gasteiger partial charge in [-0.15, -0.1) is 21.5 Å². The summed E-state index contributed by atoms with van der Waals surface area (Å²) in [7, 11) is 0. The number of rotatable bonds is 3. The highest BCUT2D eigenvalue weighted by molar-refractivity contribution is 7.20. The second kappa shape index (κ2) is 8.22. The van der Waals surface area contributed by atoms with Crippen molar-refractivity contribution < 1.29 is 4.79 Å². The molecular formula is C23H27N5OS. The lowest BCUT2D eigenvalue weighted by Crippen LogP contribution is -2.49. The fourth-order valence-electron chi connectivity index (χ4n) is 4.27. The van der Waals surface area contributed by atoms with Crippen LogP contribution in [0.5, 0.6) is 0 Å². The highest BCUT2D eigenvalue weighted by Gasteiger charge is 2.25. The molecule has 1 aromatic carbocycles. The van der Waals surface area contributed by atoms with Gasteiger partial charge in [-0.05, 0) is 48.4 Å². The monoisotopic (exact) mass is 421 g/mol. The summed E-state index contributed by atoms with van der Waals surface area (Å²) >= 11 is 1.58. The first-order chi connectivity index (χ1) is 14.7. The molecule has 2 fully saturated rings. The minimum atomic E-state index is 0.136. The van der Waals surface area contributed by atoms with Crippen molar-refractivity contribution in [2.75, 3.05) is 49.1 Å². The number of fused-ring (bicyclic) bond motifs is 1. The molecule has 0 atom stereocenters. The smallest absolute Gasteiger partial charge is 0.264 e. The van der Waals surface area contributed by atoms with Crippen molar-refractivity contribution in [1.82, 2.24) is 15.1 Å². The van der Waals surface area contributed by atoms with Gasteiger partial charge in [-0.2, -0.15) is 0 Å². The summed E-state index contributed by atoms with van der Waals surface area (Å²) < 4.78 is 1.16. The topological polar surface area (TPSA) is 52.6 Å². The van der Waals surface area contributed by atoms with Crippen molar-refractivity contribution in [2.24, 2.45) is 5.92 Å². The number of carbonyl (C=O) groups excluding carboxylic acids is 1. The highest BCUT2D eigenvalue weighted by Crippen LogP contribution is 2.27. The molecule has 6 nitrogen and oxygen atoms in total. The van der Waals surface area contributed by atoms with Crippen LogP contribution >= 0.6 is 11.3 Å². The maximum absolute atomic E-state index is 12.9. The average molecular weight is 422 g/mol. The molecule has 156 valence electrons. The van der Waals surface area contributed by atoms with Crippen molar-refractivity contribution >= 4 is 39.0 Å². The zero-order valence-corrected chi connectivity index (χ0v) is 18.1. The Morgan fingerprint density at radius 2 is 1.53 bits per heavy atom. The molecule has 0 radical (unpaired) electrons. The van der Waals surface area contributed by atoms with Crippen LogP contribution < -0.4 is 9.80 Å². The van der Waals surface area contributed by atoms with Crippen LogP contribution in [0.4, 0.5) is 11.6 Å². The third-order valence-electron chi connectivity index (χ3n) is 6.27. The van der Waals surface area contributed by atoms with Gasteiger partial charge in [0.05, 0.1) is 4.88 Å². The van der Waals surface area contributed by atoms with Gasteiger partial charge >= 0.3 is 0 Å². The van der Waals surface area contributed by atoms with Crippen LogP contribution in [0.15, 0.2) is 42.5 Å². The lowest BCUT2D eigenvalue weighted by molar-refractivity contribution is 0.0751. The van der Waals surface area contributed by atoms with Crippen molar-refractivity contribution in [3.63, 3.8) is 0 Å². The molecule has 0 unspecified atom stereocenters. The number of aromatic nitrogens is 2. The van der Waals surface area contributed by atoms with Gasteiger partial charge in [0.15, 0.2) is 11.6 Å². The normalized spacial score (nSPS) is 18.2. The largest absolute Gasteiger partial charge is 0.355 e. The second-order valence-electron chi connectivity index (χ2n) is 8.35. The predicted octanol–water partition coefficient (Wildman–Crippen LogP) is 3.89. The lowest BCUT2D eigenvalue weighted by Gasteiger charge is -2.35. The van der Waals surface area contributed by atoms with E-state index in [1.54, 1.807) is 11.3 Å². The first-order valence-corrected chi connectivity index (χ1v) is 11.6. The fraction of sp³-hybridized carbons (Fsp3) is 0.435. The molecule has 2 aromatic heterocycles. The highest BCUT2D eigenvalue weighted by atomic mass is 32.1. The molecule has 2 aliphatic heterocycles. The van der Waals surface area contributed by atoms with E-state index in [0.29, 0.717) is 13.1 Å². The van der Waals surface area contributed by atoms with Gasteiger partial charge in [0.2, 0.25) is 0 Å². The van der Waals surface area contributed by atoms with Gasteiger partial charge < -0.3 is 14.7 Å². The summed E-state index contributed by atoms with van der Waals surface area (Å²) in [5, 5.41) is 10.1. The van der Waals surface area contributed by atoms with Gasteiger partial charge in [-0.1, -0.05) is 25.1 Å². The molecule has 5 rings (SSSR count). The van der Waals surface area contributed by atoms with Crippen molar-refractivity contribution in [1.29, 1.82) is 0 Å². The number of thiophene rings is 1. The minimum Gasteiger partial charge on any atom is -0.355 e. The van der Waals surface area contributed by atoms with Gasteiger partial charge in [0.1, 0.15) is 0 Å². The number of hydrogen-bond acceptors (Lipinski definition) is 6. The number of anilines is 2. The average Bonchev–Trinajstić information content (AvgIpc) is 3.24. The SMILES string of the molecule is CC1CCN(c2ccc(N3CCN(C(=O)c4cc5ccccc5s4)CC3)nn2)CC1. The van der Waals surface area contributed by atoms with Crippen LogP contribution in [-0.2, 0) is 0 Å². The second-order valence-corrected chi connectivity index (χ2v) is 9.43. The van der Waals surface area contributed by atoms with Crippen LogP contribution in [0.25, 0.3) is 10.1 Å². The molecule has 0 N–H and O–H groups in total. The van der Waals surface area contributed by atoms with Gasteiger partial charge in [0, 0.05) is 44.0 Å². The Kier molecular flexibility index (Phi) is 5.29. The Balaban J connectivity index is 1.20. The van der Waals surface area contributed by atoms with E-state index < -0.39 is 0 Å². The van der Waals surface area contributed by atoms with E-state index in [1.165, 1.54) is 12.8 Å². The number of piperazine rings is 1. The first-order valence-electron chi connectivity index (χ1n) is 10.8. The molecule has 0 saturated carbocycles. The summed E-state index contributed by atoms with van der Waals surface area (Å²) in [6, 6.07) is 14.3. The molecule has 2 saturated heterocycles. The molecule has 1 amide bonds. The maximum atomic E-state index is 12.9. The minimum absolute atomic E-state index is 0.136. The van der Waals surface area contributed by atoms with Crippen molar-refractivity contribution in [3.8, 4) is 0 Å². The molecule has 0 bridgehead atoms. The molecule has 2 aliphatic rings. The summed E-state index contributed by atoms with van der Waals surface area (Å²) in [4.78, 5) is 20.3. The van der Waals surface area contributed by atoms with E-state index in [1.807, 2.05) is 23.1 Å². The Hall–Kier alpha value is -2.67. The van der Waals surface area contributed by atoms with Crippen LogP contribution in [0.2, 0.25) is 0 Å². The summed E-state index contributed by atoms with van der Waals surface area (Å²) in [6.45, 7) is 7.43. The molecule has 30 heavy (non-hydrogen) atoms. The Bertz CT molecular complexity index is 985. The zero-order chi connectivity index (χ0) is 20.5. The van der Waals surface area contributed by atoms with E-state index in [4.69, 9.17) is 0 Å². The number of carbonyl (C=O) groups is 1. The van der Waals surface area contributed by atoms with Gasteiger partial charge in [-0.3, -0.25) is 4.79 Å². The van der Waals surface area contributed by atoms with E-state index in [-0.39, 0.29) is 5.91 Å². The molecule has 4 heterocycles. The number of piperidine rings is 1. The molecule has 7 heteroatoms. The Labute approximate surface area is 181 Å². The van der Waals surface area contributed by atoms with E-state index in [9.17, 15) is 4.79 Å². The van der Waals surface area contributed by atoms with E-state index >= 15 is 0 Å². The molecular weight excluding hydrogens is 394 g/mol. The van der Waals surface area contributed by atoms with Crippen molar-refractivity contribution in [2.45, 2.75) is 19.8 Å². The van der Waals surface area contributed by atoms with Gasteiger partial charge in [-0.25, -0.2) is 0 Å². The van der Waals surface area contributed by atoms with Gasteiger partial charge in [0.25, 0.3) is 5.91 Å². The summed E-state index contributed by atoms with van der Waals surface area (Å²) in [5.74, 6) is 2.82. The van der Waals surface area contributed by atoms with E-state index in [0.717, 1.165) is 58.7 Å². The summed E-state index contributed by atoms with van der Waals surface area (Å²) in [6.07, 6.45) is 2.44. The fourth-order valence-corrected chi connectivity index (χ4v) is 5.31. The summed E-state index contributed by atoms with van der Waals surface area (Å²) in [5.41, 5.74) is 0. The Morgan fingerprint density at radius 3 is 2.17 bits per heavy atom. The zero-order valence-electron chi connectivity index (χ0n) is 17.3. The lowest BCUT2D eigenvalue weighted by atomic mass is 9.99. The predicted molar refractivity (Wildman–Crippen MR) is 123 cm³/mol. The number of hydrogen-bond donors (Lipinski definition) is 0. The Morgan fingerprint density at radius 1 is 0.900 bits per heavy atom. The molecule has 0 spiro atoms. The molecule has 0 aliphatic carbocycles. The van der Waals surface area contributed by atoms with Crippen LogP contribution in [0.1, 0.15) is 29.4 Å². The molecule has 3 aromatic rings. The number of benzene rings is 1. The first kappa shape index (κ1) is 19.3. The van der Waals surface area contributed by atoms with Crippen LogP contribution in [0, 0.1) is 5.92 Å². The van der Waals surface area contributed by atoms with Crippen LogP contribution in [-0.4, -0.2) is 60.3 Å². The third-order valence-corrected chi connectivity index (χ3v) is 7.38. The maximum Gasteiger partial charge on any atom is 0.264 e. The third kappa shape index (κ3) is 3.86. The number of nitrogens with zero attached hydrogens (tertiary/aromatic N) is 5. The number of amides is 1.